The molecule has 2 aliphatic rings. The van der Waals surface area contributed by atoms with Crippen molar-refractivity contribution < 1.29 is 18.7 Å². The number of hydrogen-bond acceptors (Lipinski definition) is 5. The van der Waals surface area contributed by atoms with Gasteiger partial charge in [-0.05, 0) is 61.4 Å². The summed E-state index contributed by atoms with van der Waals surface area (Å²) in [5.74, 6) is -0.230. The highest BCUT2D eigenvalue weighted by molar-refractivity contribution is 6.30. The molecule has 0 aliphatic carbocycles. The molecule has 2 amide bonds. The molecule has 7 heteroatoms. The summed E-state index contributed by atoms with van der Waals surface area (Å²) >= 11 is 0. The molecule has 6 nitrogen and oxygen atoms in total. The van der Waals surface area contributed by atoms with E-state index in [0.717, 1.165) is 18.5 Å². The Kier molecular flexibility index (Phi) is 5.20. The van der Waals surface area contributed by atoms with Crippen molar-refractivity contribution >= 4 is 23.2 Å². The number of hydrogen-bond donors (Lipinski definition) is 1. The maximum Gasteiger partial charge on any atom is 0.281 e. The molecular weight excluding hydrogens is 373 g/mol. The second kappa shape index (κ2) is 7.95. The van der Waals surface area contributed by atoms with Gasteiger partial charge in [0.1, 0.15) is 17.3 Å². The summed E-state index contributed by atoms with van der Waals surface area (Å²) in [7, 11) is 1.56. The lowest BCUT2D eigenvalue weighted by Crippen LogP contribution is -2.41. The first-order chi connectivity index (χ1) is 14.0. The summed E-state index contributed by atoms with van der Waals surface area (Å²) in [6, 6.07) is 13.4. The monoisotopic (exact) mass is 395 g/mol. The van der Waals surface area contributed by atoms with E-state index in [9.17, 15) is 14.0 Å². The fraction of sp³-hybridized carbons (Fsp3) is 0.273. The van der Waals surface area contributed by atoms with E-state index < -0.39 is 0 Å². The van der Waals surface area contributed by atoms with Crippen molar-refractivity contribution in [3.8, 4) is 5.75 Å². The molecule has 0 radical (unpaired) electrons. The van der Waals surface area contributed by atoms with Gasteiger partial charge in [-0.1, -0.05) is 0 Å². The fourth-order valence-corrected chi connectivity index (χ4v) is 3.71. The van der Waals surface area contributed by atoms with E-state index in [1.54, 1.807) is 43.5 Å². The van der Waals surface area contributed by atoms with Crippen molar-refractivity contribution in [3.63, 3.8) is 0 Å². The van der Waals surface area contributed by atoms with Gasteiger partial charge in [0.2, 0.25) is 0 Å². The number of rotatable bonds is 5. The molecule has 0 aromatic heterocycles. The summed E-state index contributed by atoms with van der Waals surface area (Å²) < 4.78 is 18.2. The topological polar surface area (TPSA) is 61.9 Å². The number of nitrogens with one attached hydrogen (secondary N) is 1. The van der Waals surface area contributed by atoms with Crippen LogP contribution >= 0.6 is 0 Å². The average molecular weight is 395 g/mol. The Labute approximate surface area is 168 Å². The molecule has 0 spiro atoms. The van der Waals surface area contributed by atoms with Crippen molar-refractivity contribution in [2.75, 3.05) is 30.4 Å². The lowest BCUT2D eigenvalue weighted by atomic mass is 10.0. The lowest BCUT2D eigenvalue weighted by molar-refractivity contribution is -0.121. The van der Waals surface area contributed by atoms with Crippen LogP contribution in [0.4, 0.5) is 15.8 Å². The number of carbonyl (C=O) groups excluding carboxylic acids is 2. The molecule has 0 atom stereocenters. The second-order valence-corrected chi connectivity index (χ2v) is 7.12. The number of halogens is 1. The Balaban J connectivity index is 1.38. The minimum atomic E-state index is -0.332. The quantitative estimate of drug-likeness (QED) is 0.788. The van der Waals surface area contributed by atoms with Crippen LogP contribution in [0.25, 0.3) is 0 Å². The Morgan fingerprint density at radius 1 is 1.00 bits per heavy atom. The standard InChI is InChI=1S/C22H22FN3O3/c1-29-19-8-6-18(7-9-19)26-21(27)14-20(22(26)28)25-12-10-17(11-13-25)24-16-4-2-15(23)3-5-16/h2-9,14,17,24H,10-13H2,1H3. The number of anilines is 2. The first kappa shape index (κ1) is 19.0. The molecule has 4 rings (SSSR count). The van der Waals surface area contributed by atoms with Crippen molar-refractivity contribution in [1.29, 1.82) is 0 Å². The van der Waals surface area contributed by atoms with Crippen LogP contribution in [-0.2, 0) is 9.59 Å². The van der Waals surface area contributed by atoms with Crippen LogP contribution in [0.3, 0.4) is 0 Å². The molecule has 0 saturated carbocycles. The van der Waals surface area contributed by atoms with Crippen LogP contribution in [0.15, 0.2) is 60.3 Å². The number of nitrogens with zero attached hydrogens (tertiary/aromatic N) is 2. The number of benzene rings is 2. The molecular formula is C22H22FN3O3. The highest BCUT2D eigenvalue weighted by atomic mass is 19.1. The number of likely N-dealkylation sites (tertiary alicyclic amines) is 1. The summed E-state index contributed by atoms with van der Waals surface area (Å²) in [6.07, 6.45) is 3.05. The first-order valence-electron chi connectivity index (χ1n) is 9.56. The number of ether oxygens (including phenoxy) is 1. The molecule has 2 aromatic rings. The number of imide groups is 1. The third-order valence-electron chi connectivity index (χ3n) is 5.28. The predicted molar refractivity (Wildman–Crippen MR) is 108 cm³/mol. The Bertz CT molecular complexity index is 933. The van der Waals surface area contributed by atoms with Gasteiger partial charge in [-0.2, -0.15) is 0 Å². The minimum absolute atomic E-state index is 0.238. The van der Waals surface area contributed by atoms with Crippen LogP contribution < -0.4 is 15.0 Å². The normalized spacial score (nSPS) is 17.5. The number of piperidine rings is 1. The third kappa shape index (κ3) is 3.94. The van der Waals surface area contributed by atoms with Crippen molar-refractivity contribution in [1.82, 2.24) is 4.90 Å². The highest BCUT2D eigenvalue weighted by Gasteiger charge is 2.36. The molecule has 0 bridgehead atoms. The predicted octanol–water partition coefficient (Wildman–Crippen LogP) is 3.17. The molecule has 0 unspecified atom stereocenters. The number of methoxy groups -OCH3 is 1. The highest BCUT2D eigenvalue weighted by Crippen LogP contribution is 2.28. The Hall–Kier alpha value is -3.35. The molecule has 150 valence electrons. The van der Waals surface area contributed by atoms with Gasteiger partial charge >= 0.3 is 0 Å². The van der Waals surface area contributed by atoms with E-state index in [-0.39, 0.29) is 23.7 Å². The van der Waals surface area contributed by atoms with Crippen LogP contribution in [0.2, 0.25) is 0 Å². The van der Waals surface area contributed by atoms with Crippen LogP contribution in [0.1, 0.15) is 12.8 Å². The van der Waals surface area contributed by atoms with Crippen molar-refractivity contribution in [2.24, 2.45) is 0 Å². The third-order valence-corrected chi connectivity index (χ3v) is 5.28. The molecule has 2 heterocycles. The number of carbonyl (C=O) groups is 2. The Morgan fingerprint density at radius 3 is 2.28 bits per heavy atom. The van der Waals surface area contributed by atoms with Crippen LogP contribution in [0.5, 0.6) is 5.75 Å². The smallest absolute Gasteiger partial charge is 0.281 e. The van der Waals surface area contributed by atoms with Gasteiger partial charge in [-0.25, -0.2) is 9.29 Å². The molecule has 29 heavy (non-hydrogen) atoms. The zero-order valence-corrected chi connectivity index (χ0v) is 16.1. The van der Waals surface area contributed by atoms with Crippen molar-refractivity contribution in [3.05, 3.63) is 66.1 Å². The van der Waals surface area contributed by atoms with E-state index in [1.165, 1.54) is 23.1 Å². The van der Waals surface area contributed by atoms with E-state index in [0.29, 0.717) is 30.2 Å². The maximum absolute atomic E-state index is 13.0. The van der Waals surface area contributed by atoms with Gasteiger partial charge in [-0.3, -0.25) is 9.59 Å². The molecule has 1 fully saturated rings. The molecule has 1 saturated heterocycles. The average Bonchev–Trinajstić information content (AvgIpc) is 3.04. The zero-order chi connectivity index (χ0) is 20.4. The molecule has 2 aromatic carbocycles. The fourth-order valence-electron chi connectivity index (χ4n) is 3.71. The summed E-state index contributed by atoms with van der Waals surface area (Å²) in [5, 5.41) is 3.40. The van der Waals surface area contributed by atoms with Gasteiger partial charge in [0.25, 0.3) is 11.8 Å². The summed E-state index contributed by atoms with van der Waals surface area (Å²) in [4.78, 5) is 28.5. The maximum atomic E-state index is 13.0. The van der Waals surface area contributed by atoms with E-state index in [2.05, 4.69) is 5.32 Å². The van der Waals surface area contributed by atoms with E-state index in [1.807, 2.05) is 4.90 Å². The van der Waals surface area contributed by atoms with Crippen LogP contribution in [-0.4, -0.2) is 43.0 Å². The first-order valence-corrected chi connectivity index (χ1v) is 9.56. The summed E-state index contributed by atoms with van der Waals surface area (Å²) in [5.41, 5.74) is 1.84. The largest absolute Gasteiger partial charge is 0.497 e. The molecule has 1 N–H and O–H groups in total. The van der Waals surface area contributed by atoms with Gasteiger partial charge in [0.05, 0.1) is 12.8 Å². The van der Waals surface area contributed by atoms with Crippen molar-refractivity contribution in [2.45, 2.75) is 18.9 Å². The van der Waals surface area contributed by atoms with Gasteiger partial charge in [0, 0.05) is 30.9 Å². The van der Waals surface area contributed by atoms with Gasteiger partial charge < -0.3 is 15.0 Å². The lowest BCUT2D eigenvalue weighted by Gasteiger charge is -2.34. The Morgan fingerprint density at radius 2 is 1.66 bits per heavy atom. The second-order valence-electron chi connectivity index (χ2n) is 7.12. The summed E-state index contributed by atoms with van der Waals surface area (Å²) in [6.45, 7) is 1.33. The zero-order valence-electron chi connectivity index (χ0n) is 16.1. The number of amides is 2. The molecule has 2 aliphatic heterocycles. The SMILES string of the molecule is COc1ccc(N2C(=O)C=C(N3CCC(Nc4ccc(F)cc4)CC3)C2=O)cc1. The van der Waals surface area contributed by atoms with Gasteiger partial charge in [-0.15, -0.1) is 0 Å². The van der Waals surface area contributed by atoms with E-state index in [4.69, 9.17) is 4.74 Å². The van der Waals surface area contributed by atoms with E-state index >= 15 is 0 Å². The minimum Gasteiger partial charge on any atom is -0.497 e. The van der Waals surface area contributed by atoms with Crippen LogP contribution in [0, 0.1) is 5.82 Å². The van der Waals surface area contributed by atoms with Gasteiger partial charge in [0.15, 0.2) is 0 Å².